The van der Waals surface area contributed by atoms with Crippen molar-refractivity contribution in [2.24, 2.45) is 11.8 Å². The molecule has 3 aliphatic rings. The van der Waals surface area contributed by atoms with Gasteiger partial charge < -0.3 is 4.84 Å². The minimum Gasteiger partial charge on any atom is -0.395 e. The van der Waals surface area contributed by atoms with Gasteiger partial charge in [-0.05, 0) is 51.5 Å². The first kappa shape index (κ1) is 14.4. The van der Waals surface area contributed by atoms with E-state index in [2.05, 4.69) is 50.9 Å². The van der Waals surface area contributed by atoms with Crippen LogP contribution in [0.1, 0.15) is 66.7 Å². The Bertz CT molecular complexity index is 392. The highest BCUT2D eigenvalue weighted by Gasteiger charge is 2.63. The number of rotatable bonds is 2. The first-order valence-corrected chi connectivity index (χ1v) is 8.41. The van der Waals surface area contributed by atoms with Crippen molar-refractivity contribution in [3.63, 3.8) is 0 Å². The monoisotopic (exact) mass is 278 g/mol. The van der Waals surface area contributed by atoms with E-state index in [4.69, 9.17) is 4.84 Å². The SMILES string of the molecule is CC1=CC(C)N(C2CCCCC2)N(C2(C)C(C)[C@@H]2C)O1. The summed E-state index contributed by atoms with van der Waals surface area (Å²) in [6.07, 6.45) is 9.04. The summed E-state index contributed by atoms with van der Waals surface area (Å²) in [7, 11) is 0. The Balaban J connectivity index is 1.87. The largest absolute Gasteiger partial charge is 0.395 e. The molecule has 114 valence electrons. The fourth-order valence-electron chi connectivity index (χ4n) is 4.28. The Labute approximate surface area is 123 Å². The maximum atomic E-state index is 6.21. The number of nitrogens with zero attached hydrogens (tertiary/aromatic N) is 2. The van der Waals surface area contributed by atoms with E-state index in [1.807, 2.05) is 0 Å². The zero-order valence-electron chi connectivity index (χ0n) is 13.7. The van der Waals surface area contributed by atoms with E-state index >= 15 is 0 Å². The van der Waals surface area contributed by atoms with Gasteiger partial charge in [0.05, 0.1) is 5.54 Å². The van der Waals surface area contributed by atoms with Gasteiger partial charge in [0, 0.05) is 12.1 Å². The maximum Gasteiger partial charge on any atom is 0.121 e. The maximum absolute atomic E-state index is 6.21. The molecule has 0 aromatic heterocycles. The molecule has 3 nitrogen and oxygen atoms in total. The first-order valence-electron chi connectivity index (χ1n) is 8.41. The third-order valence-corrected chi connectivity index (χ3v) is 6.18. The second-order valence-corrected chi connectivity index (χ2v) is 7.36. The van der Waals surface area contributed by atoms with Crippen LogP contribution in [-0.4, -0.2) is 27.8 Å². The topological polar surface area (TPSA) is 15.7 Å². The first-order chi connectivity index (χ1) is 9.46. The third-order valence-electron chi connectivity index (χ3n) is 6.18. The lowest BCUT2D eigenvalue weighted by Crippen LogP contribution is -2.59. The van der Waals surface area contributed by atoms with Gasteiger partial charge in [0.1, 0.15) is 5.76 Å². The van der Waals surface area contributed by atoms with E-state index in [0.717, 1.165) is 5.76 Å². The molecule has 2 fully saturated rings. The molecule has 2 aliphatic carbocycles. The minimum atomic E-state index is 0.168. The Hall–Kier alpha value is -0.540. The van der Waals surface area contributed by atoms with Gasteiger partial charge >= 0.3 is 0 Å². The van der Waals surface area contributed by atoms with Crippen LogP contribution < -0.4 is 0 Å². The van der Waals surface area contributed by atoms with E-state index in [0.29, 0.717) is 23.9 Å². The molecule has 0 N–H and O–H groups in total. The number of hydrogen-bond acceptors (Lipinski definition) is 3. The van der Waals surface area contributed by atoms with Crippen LogP contribution in [0.15, 0.2) is 11.8 Å². The molecule has 0 amide bonds. The van der Waals surface area contributed by atoms with Gasteiger partial charge in [-0.25, -0.2) is 0 Å². The molecule has 0 radical (unpaired) electrons. The molecular formula is C17H30N2O. The molecule has 20 heavy (non-hydrogen) atoms. The molecule has 2 saturated carbocycles. The summed E-state index contributed by atoms with van der Waals surface area (Å²) in [4.78, 5) is 6.21. The molecule has 0 aromatic carbocycles. The lowest BCUT2D eigenvalue weighted by atomic mass is 9.94. The quantitative estimate of drug-likeness (QED) is 0.755. The second-order valence-electron chi connectivity index (χ2n) is 7.36. The van der Waals surface area contributed by atoms with E-state index in [1.54, 1.807) is 0 Å². The average Bonchev–Trinajstić information content (AvgIpc) is 2.91. The lowest BCUT2D eigenvalue weighted by molar-refractivity contribution is -0.327. The molecule has 0 aromatic rings. The van der Waals surface area contributed by atoms with Crippen LogP contribution in [0.2, 0.25) is 0 Å². The fraction of sp³-hybridized carbons (Fsp3) is 0.882. The lowest BCUT2D eigenvalue weighted by Gasteiger charge is -2.49. The van der Waals surface area contributed by atoms with Crippen LogP contribution in [0, 0.1) is 11.8 Å². The zero-order valence-corrected chi connectivity index (χ0v) is 13.7. The molecule has 3 rings (SSSR count). The zero-order chi connectivity index (χ0) is 14.5. The van der Waals surface area contributed by atoms with Gasteiger partial charge in [-0.15, -0.1) is 0 Å². The van der Waals surface area contributed by atoms with Crippen molar-refractivity contribution < 1.29 is 4.84 Å². The Morgan fingerprint density at radius 3 is 2.25 bits per heavy atom. The number of hydrogen-bond donors (Lipinski definition) is 0. The third kappa shape index (κ3) is 2.10. The highest BCUT2D eigenvalue weighted by molar-refractivity contribution is 5.13. The Kier molecular flexibility index (Phi) is 3.62. The molecule has 0 saturated heterocycles. The van der Waals surface area contributed by atoms with Crippen molar-refractivity contribution in [3.05, 3.63) is 11.8 Å². The molecule has 1 heterocycles. The predicted octanol–water partition coefficient (Wildman–Crippen LogP) is 4.12. The molecule has 0 spiro atoms. The summed E-state index contributed by atoms with van der Waals surface area (Å²) in [5.41, 5.74) is 0.168. The van der Waals surface area contributed by atoms with E-state index in [-0.39, 0.29) is 5.54 Å². The van der Waals surface area contributed by atoms with Gasteiger partial charge in [0.15, 0.2) is 0 Å². The van der Waals surface area contributed by atoms with E-state index in [9.17, 15) is 0 Å². The van der Waals surface area contributed by atoms with Crippen molar-refractivity contribution in [2.75, 3.05) is 0 Å². The Morgan fingerprint density at radius 1 is 1.10 bits per heavy atom. The van der Waals surface area contributed by atoms with E-state index in [1.165, 1.54) is 32.1 Å². The minimum absolute atomic E-state index is 0.168. The van der Waals surface area contributed by atoms with E-state index < -0.39 is 0 Å². The summed E-state index contributed by atoms with van der Waals surface area (Å²) >= 11 is 0. The molecular weight excluding hydrogens is 248 g/mol. The van der Waals surface area contributed by atoms with Crippen molar-refractivity contribution >= 4 is 0 Å². The molecule has 0 bridgehead atoms. The number of hydroxylamine groups is 1. The van der Waals surface area contributed by atoms with Gasteiger partial charge in [-0.1, -0.05) is 38.3 Å². The summed E-state index contributed by atoms with van der Waals surface area (Å²) in [6, 6.07) is 1.10. The molecule has 3 unspecified atom stereocenters. The van der Waals surface area contributed by atoms with Crippen LogP contribution in [0.3, 0.4) is 0 Å². The van der Waals surface area contributed by atoms with Crippen molar-refractivity contribution in [2.45, 2.75) is 84.3 Å². The van der Waals surface area contributed by atoms with Crippen LogP contribution in [0.5, 0.6) is 0 Å². The van der Waals surface area contributed by atoms with Crippen LogP contribution >= 0.6 is 0 Å². The predicted molar refractivity (Wildman–Crippen MR) is 81.6 cm³/mol. The van der Waals surface area contributed by atoms with Crippen LogP contribution in [0.25, 0.3) is 0 Å². The highest BCUT2D eigenvalue weighted by Crippen LogP contribution is 2.56. The molecule has 1 aliphatic heterocycles. The van der Waals surface area contributed by atoms with Crippen molar-refractivity contribution in [3.8, 4) is 0 Å². The smallest absolute Gasteiger partial charge is 0.121 e. The normalized spacial score (nSPS) is 44.0. The Morgan fingerprint density at radius 2 is 1.70 bits per heavy atom. The number of hydrazine groups is 1. The second kappa shape index (κ2) is 5.03. The van der Waals surface area contributed by atoms with Crippen LogP contribution in [-0.2, 0) is 4.84 Å². The summed E-state index contributed by atoms with van der Waals surface area (Å²) in [6.45, 7) is 11.5. The number of allylic oxidation sites excluding steroid dienone is 1. The van der Waals surface area contributed by atoms with Crippen molar-refractivity contribution in [1.82, 2.24) is 10.2 Å². The average molecular weight is 278 g/mol. The highest BCUT2D eigenvalue weighted by atomic mass is 16.7. The molecule has 4 atom stereocenters. The van der Waals surface area contributed by atoms with Gasteiger partial charge in [-0.2, -0.15) is 5.01 Å². The van der Waals surface area contributed by atoms with Gasteiger partial charge in [0.25, 0.3) is 0 Å². The summed E-state index contributed by atoms with van der Waals surface area (Å²) in [5.74, 6) is 2.45. The van der Waals surface area contributed by atoms with Gasteiger partial charge in [0.2, 0.25) is 0 Å². The summed E-state index contributed by atoms with van der Waals surface area (Å²) < 4.78 is 0. The van der Waals surface area contributed by atoms with Gasteiger partial charge in [-0.3, -0.25) is 0 Å². The molecule has 3 heteroatoms. The fourth-order valence-corrected chi connectivity index (χ4v) is 4.28. The van der Waals surface area contributed by atoms with Crippen LogP contribution in [0.4, 0.5) is 0 Å². The summed E-state index contributed by atoms with van der Waals surface area (Å²) in [5, 5.41) is 4.81. The standard InChI is InChI=1S/C17H30N2O/c1-12-11-13(2)20-19(17(5)14(3)15(17)4)18(12)16-9-7-6-8-10-16/h11-12,14-16H,6-10H2,1-5H3/t12?,14-,15?,17?/m0/s1. The van der Waals surface area contributed by atoms with Crippen molar-refractivity contribution in [1.29, 1.82) is 0 Å².